The number of nitrogen functional groups attached to an aromatic ring is 1. The first kappa shape index (κ1) is 24.4. The van der Waals surface area contributed by atoms with Gasteiger partial charge in [0.05, 0.1) is 6.42 Å². The van der Waals surface area contributed by atoms with E-state index in [-0.39, 0.29) is 17.9 Å². The fourth-order valence-corrected chi connectivity index (χ4v) is 6.49. The molecule has 1 aliphatic heterocycles. The highest BCUT2D eigenvalue weighted by molar-refractivity contribution is 6.01. The Hall–Kier alpha value is -3.90. The number of aliphatic carboxylic acids is 1. The molecule has 1 aromatic heterocycles. The van der Waals surface area contributed by atoms with E-state index < -0.39 is 5.97 Å². The molecule has 0 radical (unpaired) electrons. The third kappa shape index (κ3) is 4.29. The monoisotopic (exact) mass is 507 g/mol. The lowest BCUT2D eigenvalue weighted by atomic mass is 9.73. The molecule has 38 heavy (non-hydrogen) atoms. The number of hydrogen-bond donors (Lipinski definition) is 2. The highest BCUT2D eigenvalue weighted by atomic mass is 16.5. The number of likely N-dealkylation sites (tertiary alicyclic amines) is 1. The first-order valence-electron chi connectivity index (χ1n) is 13.4. The van der Waals surface area contributed by atoms with Gasteiger partial charge in [-0.1, -0.05) is 55.5 Å². The van der Waals surface area contributed by atoms with E-state index >= 15 is 0 Å². The van der Waals surface area contributed by atoms with Crippen LogP contribution in [0.15, 0.2) is 72.9 Å². The number of piperidine rings is 1. The zero-order valence-corrected chi connectivity index (χ0v) is 21.7. The molecule has 2 aliphatic rings. The van der Waals surface area contributed by atoms with Crippen LogP contribution in [-0.4, -0.2) is 40.6 Å². The number of para-hydroxylation sites is 1. The molecule has 1 aliphatic carbocycles. The Bertz CT molecular complexity index is 1510. The smallest absolute Gasteiger partial charge is 0.307 e. The van der Waals surface area contributed by atoms with Crippen molar-refractivity contribution >= 4 is 22.6 Å². The summed E-state index contributed by atoms with van der Waals surface area (Å²) in [6.45, 7) is 5.46. The van der Waals surface area contributed by atoms with E-state index in [2.05, 4.69) is 41.1 Å². The molecule has 0 bridgehead atoms. The van der Waals surface area contributed by atoms with Crippen LogP contribution in [0, 0.1) is 0 Å². The van der Waals surface area contributed by atoms with Crippen LogP contribution in [0.5, 0.6) is 5.75 Å². The molecule has 1 fully saturated rings. The fraction of sp³-hybridized carbons (Fsp3) is 0.312. The van der Waals surface area contributed by atoms with E-state index in [9.17, 15) is 9.90 Å². The van der Waals surface area contributed by atoms with E-state index in [0.717, 1.165) is 60.8 Å². The summed E-state index contributed by atoms with van der Waals surface area (Å²) in [5.74, 6) is 0.329. The maximum atomic E-state index is 11.5. The minimum atomic E-state index is -0.858. The molecule has 1 saturated heterocycles. The number of nitrogens with two attached hydrogens (primary N) is 1. The zero-order valence-electron chi connectivity index (χ0n) is 21.7. The zero-order chi connectivity index (χ0) is 26.3. The summed E-state index contributed by atoms with van der Waals surface area (Å²) in [4.78, 5) is 18.3. The quantitative estimate of drug-likeness (QED) is 0.333. The van der Waals surface area contributed by atoms with Crippen LogP contribution in [0.1, 0.15) is 49.0 Å². The summed E-state index contributed by atoms with van der Waals surface area (Å²) in [5, 5.41) is 11.5. The van der Waals surface area contributed by atoms with E-state index in [0.29, 0.717) is 17.1 Å². The number of pyridine rings is 1. The molecule has 0 amide bonds. The van der Waals surface area contributed by atoms with Gasteiger partial charge in [-0.05, 0) is 84.7 Å². The van der Waals surface area contributed by atoms with Gasteiger partial charge in [0.2, 0.25) is 0 Å². The van der Waals surface area contributed by atoms with Gasteiger partial charge in [0, 0.05) is 22.6 Å². The number of fused-ring (bicyclic) bond motifs is 3. The molecule has 1 atom stereocenters. The topological polar surface area (TPSA) is 88.7 Å². The summed E-state index contributed by atoms with van der Waals surface area (Å²) >= 11 is 0. The number of ether oxygens (including phenoxy) is 1. The number of aromatic nitrogens is 1. The molecule has 6 heteroatoms. The second-order valence-corrected chi connectivity index (χ2v) is 10.6. The van der Waals surface area contributed by atoms with Crippen molar-refractivity contribution < 1.29 is 14.6 Å². The van der Waals surface area contributed by atoms with Gasteiger partial charge in [-0.3, -0.25) is 4.79 Å². The molecular weight excluding hydrogens is 474 g/mol. The highest BCUT2D eigenvalue weighted by Crippen LogP contribution is 2.53. The van der Waals surface area contributed by atoms with Crippen LogP contribution in [0.3, 0.4) is 0 Å². The van der Waals surface area contributed by atoms with Crippen molar-refractivity contribution in [2.75, 3.05) is 25.4 Å². The van der Waals surface area contributed by atoms with Crippen molar-refractivity contribution in [1.29, 1.82) is 0 Å². The Morgan fingerprint density at radius 3 is 2.68 bits per heavy atom. The fourth-order valence-electron chi connectivity index (χ4n) is 6.49. The van der Waals surface area contributed by atoms with Crippen molar-refractivity contribution in [1.82, 2.24) is 9.88 Å². The molecular formula is C32H33N3O3. The van der Waals surface area contributed by atoms with E-state index in [1.165, 1.54) is 11.1 Å². The number of anilines is 1. The van der Waals surface area contributed by atoms with Crippen molar-refractivity contribution in [2.24, 2.45) is 0 Å². The average molecular weight is 508 g/mol. The molecule has 1 spiro atoms. The number of carboxylic acid groups (broad SMARTS) is 1. The van der Waals surface area contributed by atoms with Gasteiger partial charge in [0.15, 0.2) is 0 Å². The van der Waals surface area contributed by atoms with Crippen LogP contribution in [0.25, 0.3) is 21.9 Å². The van der Waals surface area contributed by atoms with E-state index in [1.54, 1.807) is 6.20 Å². The highest BCUT2D eigenvalue weighted by Gasteiger charge is 2.46. The maximum Gasteiger partial charge on any atom is 0.307 e. The van der Waals surface area contributed by atoms with Gasteiger partial charge >= 0.3 is 5.97 Å². The number of rotatable bonds is 6. The molecule has 3 N–H and O–H groups in total. The van der Waals surface area contributed by atoms with Gasteiger partial charge < -0.3 is 20.5 Å². The van der Waals surface area contributed by atoms with Gasteiger partial charge in [-0.15, -0.1) is 0 Å². The summed E-state index contributed by atoms with van der Waals surface area (Å²) in [7, 11) is 0. The lowest BCUT2D eigenvalue weighted by Crippen LogP contribution is -2.41. The second-order valence-electron chi connectivity index (χ2n) is 10.6. The number of nitrogens with zero attached hydrogens (tertiary/aromatic N) is 2. The predicted octanol–water partition coefficient (Wildman–Crippen LogP) is 5.99. The summed E-state index contributed by atoms with van der Waals surface area (Å²) < 4.78 is 6.71. The van der Waals surface area contributed by atoms with Crippen LogP contribution in [-0.2, 0) is 16.6 Å². The van der Waals surface area contributed by atoms with Crippen LogP contribution >= 0.6 is 0 Å². The molecule has 3 aromatic carbocycles. The minimum Gasteiger partial charge on any atom is -0.485 e. The Morgan fingerprint density at radius 1 is 1.08 bits per heavy atom. The third-order valence-corrected chi connectivity index (χ3v) is 8.54. The normalized spacial score (nSPS) is 18.5. The Balaban J connectivity index is 1.44. The van der Waals surface area contributed by atoms with E-state index in [1.807, 2.05) is 42.5 Å². The Morgan fingerprint density at radius 2 is 1.89 bits per heavy atom. The first-order chi connectivity index (χ1) is 18.5. The standard InChI is InChI=1S/C32H33N3O3/c1-2-35-16-13-32(14-17-35)20-29(38-28-9-4-3-6-22(28)19-30(36)37)26-18-21(10-11-27(26)32)23-7-5-8-25-24(23)12-15-34-31(25)33/h3-12,15,18,29H,2,13-14,16-17,19-20H2,1H3,(H2,33,34)(H,36,37)/t29-/m1/s1. The molecule has 0 unspecified atom stereocenters. The van der Waals surface area contributed by atoms with Crippen molar-refractivity contribution in [3.63, 3.8) is 0 Å². The number of hydrogen-bond acceptors (Lipinski definition) is 5. The predicted molar refractivity (Wildman–Crippen MR) is 150 cm³/mol. The average Bonchev–Trinajstić information content (AvgIpc) is 3.22. The van der Waals surface area contributed by atoms with Gasteiger partial charge in [-0.25, -0.2) is 4.98 Å². The summed E-state index contributed by atoms with van der Waals surface area (Å²) in [5.41, 5.74) is 11.8. The molecule has 194 valence electrons. The lowest BCUT2D eigenvalue weighted by molar-refractivity contribution is -0.136. The van der Waals surface area contributed by atoms with Crippen molar-refractivity contribution in [3.8, 4) is 16.9 Å². The first-order valence-corrected chi connectivity index (χ1v) is 13.4. The van der Waals surface area contributed by atoms with Crippen LogP contribution in [0.2, 0.25) is 0 Å². The molecule has 4 aromatic rings. The summed E-state index contributed by atoms with van der Waals surface area (Å²) in [6, 6.07) is 22.5. The van der Waals surface area contributed by atoms with E-state index in [4.69, 9.17) is 10.5 Å². The second kappa shape index (κ2) is 9.76. The Labute approximate surface area is 223 Å². The molecule has 2 heterocycles. The van der Waals surface area contributed by atoms with Crippen LogP contribution < -0.4 is 10.5 Å². The van der Waals surface area contributed by atoms with Gasteiger partial charge in [0.1, 0.15) is 17.7 Å². The molecule has 6 nitrogen and oxygen atoms in total. The van der Waals surface area contributed by atoms with Gasteiger partial charge in [0.25, 0.3) is 0 Å². The van der Waals surface area contributed by atoms with Gasteiger partial charge in [-0.2, -0.15) is 0 Å². The summed E-state index contributed by atoms with van der Waals surface area (Å²) in [6.07, 6.45) is 4.65. The van der Waals surface area contributed by atoms with Crippen molar-refractivity contribution in [3.05, 3.63) is 89.6 Å². The SMILES string of the molecule is CCN1CCC2(CC1)C[C@@H](Oc1ccccc1CC(=O)O)c1cc(-c3cccc4c(N)nccc34)ccc12. The number of benzene rings is 3. The molecule has 6 rings (SSSR count). The third-order valence-electron chi connectivity index (χ3n) is 8.54. The number of carboxylic acids is 1. The maximum absolute atomic E-state index is 11.5. The van der Waals surface area contributed by atoms with Crippen molar-refractivity contribution in [2.45, 2.75) is 44.1 Å². The van der Waals surface area contributed by atoms with Crippen LogP contribution in [0.4, 0.5) is 5.82 Å². The largest absolute Gasteiger partial charge is 0.485 e. The lowest BCUT2D eigenvalue weighted by Gasteiger charge is -2.40. The molecule has 0 saturated carbocycles. The minimum absolute atomic E-state index is 0.0577. The Kier molecular flexibility index (Phi) is 6.28. The number of carbonyl (C=O) groups is 1.